The van der Waals surface area contributed by atoms with Crippen molar-refractivity contribution in [3.63, 3.8) is 0 Å². The molecule has 1 aromatic rings. The lowest BCUT2D eigenvalue weighted by Gasteiger charge is -2.15. The van der Waals surface area contributed by atoms with E-state index in [0.717, 1.165) is 24.0 Å². The van der Waals surface area contributed by atoms with E-state index >= 15 is 0 Å². The van der Waals surface area contributed by atoms with Crippen LogP contribution in [0.15, 0.2) is 18.2 Å². The summed E-state index contributed by atoms with van der Waals surface area (Å²) in [6.07, 6.45) is 2.43. The predicted octanol–water partition coefficient (Wildman–Crippen LogP) is 1.35. The van der Waals surface area contributed by atoms with Crippen molar-refractivity contribution in [3.05, 3.63) is 29.3 Å². The van der Waals surface area contributed by atoms with Crippen LogP contribution in [0.3, 0.4) is 0 Å². The number of rotatable bonds is 6. The first kappa shape index (κ1) is 14.5. The SMILES string of the molecule is COCCNC(=O)COc1ccc2c(c1)C(=O)CCC2. The molecule has 5 nitrogen and oxygen atoms in total. The molecule has 1 N–H and O–H groups in total. The second-order valence-electron chi connectivity index (χ2n) is 4.73. The van der Waals surface area contributed by atoms with E-state index in [4.69, 9.17) is 9.47 Å². The van der Waals surface area contributed by atoms with Gasteiger partial charge in [-0.15, -0.1) is 0 Å². The summed E-state index contributed by atoms with van der Waals surface area (Å²) in [7, 11) is 1.58. The van der Waals surface area contributed by atoms with Crippen LogP contribution in [-0.4, -0.2) is 38.6 Å². The van der Waals surface area contributed by atoms with Gasteiger partial charge in [0.05, 0.1) is 6.61 Å². The number of nitrogens with one attached hydrogen (secondary N) is 1. The third kappa shape index (κ3) is 3.81. The molecule has 0 bridgehead atoms. The molecule has 1 aliphatic carbocycles. The lowest BCUT2D eigenvalue weighted by Crippen LogP contribution is -2.31. The summed E-state index contributed by atoms with van der Waals surface area (Å²) in [4.78, 5) is 23.3. The summed E-state index contributed by atoms with van der Waals surface area (Å²) >= 11 is 0. The Morgan fingerprint density at radius 2 is 2.20 bits per heavy atom. The summed E-state index contributed by atoms with van der Waals surface area (Å²) in [6, 6.07) is 5.45. The van der Waals surface area contributed by atoms with Crippen LogP contribution in [0.4, 0.5) is 0 Å². The maximum absolute atomic E-state index is 11.8. The first-order valence-electron chi connectivity index (χ1n) is 6.75. The molecule has 0 spiro atoms. The summed E-state index contributed by atoms with van der Waals surface area (Å²) < 4.78 is 10.2. The minimum absolute atomic E-state index is 0.0588. The van der Waals surface area contributed by atoms with Gasteiger partial charge in [0.25, 0.3) is 5.91 Å². The Morgan fingerprint density at radius 1 is 1.35 bits per heavy atom. The Kier molecular flexibility index (Phi) is 5.12. The summed E-state index contributed by atoms with van der Waals surface area (Å²) in [5.74, 6) is 0.508. The molecule has 1 amide bonds. The molecule has 0 saturated carbocycles. The van der Waals surface area contributed by atoms with Crippen LogP contribution in [-0.2, 0) is 16.0 Å². The molecule has 0 heterocycles. The number of aryl methyl sites for hydroxylation is 1. The molecule has 0 fully saturated rings. The Bertz CT molecular complexity index is 499. The molecule has 0 radical (unpaired) electrons. The van der Waals surface area contributed by atoms with Crippen LogP contribution < -0.4 is 10.1 Å². The molecule has 0 saturated heterocycles. The van der Waals surface area contributed by atoms with Crippen molar-refractivity contribution in [1.82, 2.24) is 5.32 Å². The van der Waals surface area contributed by atoms with E-state index in [1.807, 2.05) is 6.07 Å². The molecule has 108 valence electrons. The maximum atomic E-state index is 11.8. The van der Waals surface area contributed by atoms with Gasteiger partial charge in [0, 0.05) is 25.6 Å². The van der Waals surface area contributed by atoms with E-state index < -0.39 is 0 Å². The number of carbonyl (C=O) groups excluding carboxylic acids is 2. The van der Waals surface area contributed by atoms with Crippen molar-refractivity contribution in [1.29, 1.82) is 0 Å². The molecule has 0 aromatic heterocycles. The number of methoxy groups -OCH3 is 1. The van der Waals surface area contributed by atoms with Crippen molar-refractivity contribution in [2.24, 2.45) is 0 Å². The average molecular weight is 277 g/mol. The molecule has 5 heteroatoms. The normalized spacial score (nSPS) is 13.8. The third-order valence-electron chi connectivity index (χ3n) is 3.23. The number of carbonyl (C=O) groups is 2. The fourth-order valence-electron chi connectivity index (χ4n) is 2.19. The summed E-state index contributed by atoms with van der Waals surface area (Å²) in [5.41, 5.74) is 1.80. The van der Waals surface area contributed by atoms with Crippen LogP contribution >= 0.6 is 0 Å². The van der Waals surface area contributed by atoms with Gasteiger partial charge in [0.15, 0.2) is 12.4 Å². The minimum Gasteiger partial charge on any atom is -0.484 e. The number of Topliss-reactive ketones (excluding diaryl/α,β-unsaturated/α-hetero) is 1. The van der Waals surface area contributed by atoms with Crippen molar-refractivity contribution >= 4 is 11.7 Å². The Hall–Kier alpha value is -1.88. The smallest absolute Gasteiger partial charge is 0.258 e. The fraction of sp³-hybridized carbons (Fsp3) is 0.467. The van der Waals surface area contributed by atoms with Crippen molar-refractivity contribution in [3.8, 4) is 5.75 Å². The van der Waals surface area contributed by atoms with Gasteiger partial charge in [-0.1, -0.05) is 6.07 Å². The molecule has 1 aliphatic rings. The zero-order chi connectivity index (χ0) is 14.4. The lowest BCUT2D eigenvalue weighted by molar-refractivity contribution is -0.123. The van der Waals surface area contributed by atoms with Crippen LogP contribution in [0.25, 0.3) is 0 Å². The monoisotopic (exact) mass is 277 g/mol. The average Bonchev–Trinajstić information content (AvgIpc) is 2.46. The number of benzene rings is 1. The quantitative estimate of drug-likeness (QED) is 0.797. The van der Waals surface area contributed by atoms with Crippen molar-refractivity contribution in [2.45, 2.75) is 19.3 Å². The number of fused-ring (bicyclic) bond motifs is 1. The van der Waals surface area contributed by atoms with E-state index in [1.54, 1.807) is 19.2 Å². The number of hydrogen-bond donors (Lipinski definition) is 1. The predicted molar refractivity (Wildman–Crippen MR) is 74.1 cm³/mol. The number of amides is 1. The van der Waals surface area contributed by atoms with Crippen molar-refractivity contribution in [2.75, 3.05) is 26.9 Å². The molecule has 2 rings (SSSR count). The Morgan fingerprint density at radius 3 is 3.00 bits per heavy atom. The van der Waals surface area contributed by atoms with E-state index in [1.165, 1.54) is 0 Å². The summed E-state index contributed by atoms with van der Waals surface area (Å²) in [6.45, 7) is 0.872. The zero-order valence-electron chi connectivity index (χ0n) is 11.6. The summed E-state index contributed by atoms with van der Waals surface area (Å²) in [5, 5.41) is 2.67. The van der Waals surface area contributed by atoms with E-state index in [9.17, 15) is 9.59 Å². The fourth-order valence-corrected chi connectivity index (χ4v) is 2.19. The van der Waals surface area contributed by atoms with Gasteiger partial charge >= 0.3 is 0 Å². The van der Waals surface area contributed by atoms with Crippen LogP contribution in [0.1, 0.15) is 28.8 Å². The van der Waals surface area contributed by atoms with Gasteiger partial charge in [-0.25, -0.2) is 0 Å². The highest BCUT2D eigenvalue weighted by Crippen LogP contribution is 2.25. The second-order valence-corrected chi connectivity index (χ2v) is 4.73. The first-order chi connectivity index (χ1) is 9.70. The number of ether oxygens (including phenoxy) is 2. The molecule has 0 atom stereocenters. The van der Waals surface area contributed by atoms with Gasteiger partial charge < -0.3 is 14.8 Å². The van der Waals surface area contributed by atoms with Crippen molar-refractivity contribution < 1.29 is 19.1 Å². The van der Waals surface area contributed by atoms with Crippen LogP contribution in [0, 0.1) is 0 Å². The molecule has 0 aliphatic heterocycles. The standard InChI is InChI=1S/C15H19NO4/c1-19-8-7-16-15(18)10-20-12-6-5-11-3-2-4-14(17)13(11)9-12/h5-6,9H,2-4,7-8,10H2,1H3,(H,16,18). The van der Waals surface area contributed by atoms with E-state index in [2.05, 4.69) is 5.32 Å². The van der Waals surface area contributed by atoms with Gasteiger partial charge in [-0.3, -0.25) is 9.59 Å². The highest BCUT2D eigenvalue weighted by Gasteiger charge is 2.17. The Labute approximate surface area is 118 Å². The molecular formula is C15H19NO4. The van der Waals surface area contributed by atoms with Gasteiger partial charge in [0.2, 0.25) is 0 Å². The van der Waals surface area contributed by atoms with Gasteiger partial charge in [-0.05, 0) is 30.5 Å². The van der Waals surface area contributed by atoms with E-state index in [-0.39, 0.29) is 18.3 Å². The molecule has 1 aromatic carbocycles. The maximum Gasteiger partial charge on any atom is 0.258 e. The largest absolute Gasteiger partial charge is 0.484 e. The molecule has 20 heavy (non-hydrogen) atoms. The highest BCUT2D eigenvalue weighted by atomic mass is 16.5. The number of hydrogen-bond acceptors (Lipinski definition) is 4. The second kappa shape index (κ2) is 7.05. The molecular weight excluding hydrogens is 258 g/mol. The van der Waals surface area contributed by atoms with Gasteiger partial charge in [0.1, 0.15) is 5.75 Å². The van der Waals surface area contributed by atoms with Crippen LogP contribution in [0.5, 0.6) is 5.75 Å². The van der Waals surface area contributed by atoms with E-state index in [0.29, 0.717) is 25.3 Å². The highest BCUT2D eigenvalue weighted by molar-refractivity contribution is 5.98. The minimum atomic E-state index is -0.203. The Balaban J connectivity index is 1.89. The third-order valence-corrected chi connectivity index (χ3v) is 3.23. The molecule has 0 unspecified atom stereocenters. The first-order valence-corrected chi connectivity index (χ1v) is 6.75. The number of ketones is 1. The topological polar surface area (TPSA) is 64.6 Å². The zero-order valence-corrected chi connectivity index (χ0v) is 11.6. The lowest BCUT2D eigenvalue weighted by atomic mass is 9.90. The van der Waals surface area contributed by atoms with Gasteiger partial charge in [-0.2, -0.15) is 0 Å². The van der Waals surface area contributed by atoms with Crippen LogP contribution in [0.2, 0.25) is 0 Å².